The highest BCUT2D eigenvalue weighted by molar-refractivity contribution is 5.32. The minimum absolute atomic E-state index is 0.150. The Morgan fingerprint density at radius 1 is 1.09 bits per heavy atom. The van der Waals surface area contributed by atoms with Crippen molar-refractivity contribution in [2.45, 2.75) is 57.2 Å². The average Bonchev–Trinajstić information content (AvgIpc) is 2.74. The number of hydrogen-bond acceptors (Lipinski definition) is 3. The van der Waals surface area contributed by atoms with Gasteiger partial charge in [0, 0.05) is 24.4 Å². The van der Waals surface area contributed by atoms with Crippen LogP contribution in [0, 0.1) is 18.8 Å². The van der Waals surface area contributed by atoms with Gasteiger partial charge in [-0.1, -0.05) is 43.2 Å². The van der Waals surface area contributed by atoms with Crippen LogP contribution in [-0.4, -0.2) is 42.4 Å². The molecule has 1 aliphatic heterocycles. The monoisotopic (exact) mass is 461 g/mol. The summed E-state index contributed by atoms with van der Waals surface area (Å²) in [5, 5.41) is 11.3. The molecule has 2 aromatic rings. The third-order valence-electron chi connectivity index (χ3n) is 7.79. The number of piperidine rings is 1. The average molecular weight is 462 g/mol. The lowest BCUT2D eigenvalue weighted by atomic mass is 9.61. The fraction of sp³-hybridized carbons (Fsp3) is 0.556. The number of aliphatic hydroxyl groups excluding tert-OH is 1. The highest BCUT2D eigenvalue weighted by atomic mass is 19.4. The molecule has 0 spiro atoms. The number of halogens is 3. The zero-order valence-electron chi connectivity index (χ0n) is 19.4. The fourth-order valence-electron chi connectivity index (χ4n) is 5.23. The van der Waals surface area contributed by atoms with E-state index in [1.54, 1.807) is 0 Å². The third-order valence-corrected chi connectivity index (χ3v) is 7.79. The number of rotatable bonds is 7. The van der Waals surface area contributed by atoms with E-state index in [4.69, 9.17) is 4.74 Å². The van der Waals surface area contributed by atoms with E-state index in [0.717, 1.165) is 50.9 Å². The van der Waals surface area contributed by atoms with Crippen LogP contribution in [0.25, 0.3) is 0 Å². The van der Waals surface area contributed by atoms with Gasteiger partial charge >= 0.3 is 6.18 Å². The van der Waals surface area contributed by atoms with Gasteiger partial charge in [-0.2, -0.15) is 13.2 Å². The van der Waals surface area contributed by atoms with E-state index in [9.17, 15) is 18.3 Å². The number of aliphatic hydroxyl groups is 1. The number of likely N-dealkylation sites (tertiary alicyclic amines) is 1. The molecule has 3 unspecified atom stereocenters. The van der Waals surface area contributed by atoms with Gasteiger partial charge in [0.2, 0.25) is 0 Å². The van der Waals surface area contributed by atoms with E-state index in [1.807, 2.05) is 0 Å². The molecule has 0 bridgehead atoms. The number of benzene rings is 2. The largest absolute Gasteiger partial charge is 0.493 e. The van der Waals surface area contributed by atoms with Gasteiger partial charge in [-0.25, -0.2) is 0 Å². The number of ether oxygens (including phenoxy) is 1. The lowest BCUT2D eigenvalue weighted by Crippen LogP contribution is -2.53. The molecule has 2 aliphatic rings. The molecule has 4 rings (SSSR count). The van der Waals surface area contributed by atoms with Crippen LogP contribution in [0.15, 0.2) is 48.5 Å². The predicted octanol–water partition coefficient (Wildman–Crippen LogP) is 5.83. The van der Waals surface area contributed by atoms with Crippen LogP contribution in [0.2, 0.25) is 0 Å². The second-order valence-corrected chi connectivity index (χ2v) is 10.0. The van der Waals surface area contributed by atoms with Crippen molar-refractivity contribution in [3.05, 3.63) is 65.2 Å². The lowest BCUT2D eigenvalue weighted by Gasteiger charge is -2.48. The van der Waals surface area contributed by atoms with Crippen molar-refractivity contribution in [3.63, 3.8) is 0 Å². The molecule has 1 N–H and O–H groups in total. The molecule has 3 nitrogen and oxygen atoms in total. The van der Waals surface area contributed by atoms with Gasteiger partial charge in [0.05, 0.1) is 18.3 Å². The Morgan fingerprint density at radius 3 is 2.33 bits per heavy atom. The van der Waals surface area contributed by atoms with Crippen molar-refractivity contribution in [1.29, 1.82) is 0 Å². The molecule has 0 aromatic heterocycles. The quantitative estimate of drug-likeness (QED) is 0.563. The van der Waals surface area contributed by atoms with Crippen LogP contribution in [0.5, 0.6) is 5.75 Å². The van der Waals surface area contributed by atoms with E-state index < -0.39 is 17.8 Å². The molecule has 2 aromatic carbocycles. The van der Waals surface area contributed by atoms with Crippen LogP contribution >= 0.6 is 0 Å². The third kappa shape index (κ3) is 5.38. The minimum atomic E-state index is -4.34. The molecule has 1 heterocycles. The Kier molecular flexibility index (Phi) is 7.06. The molecule has 1 aliphatic carbocycles. The van der Waals surface area contributed by atoms with Crippen molar-refractivity contribution in [2.75, 3.05) is 26.2 Å². The van der Waals surface area contributed by atoms with E-state index in [2.05, 4.69) is 43.0 Å². The lowest BCUT2D eigenvalue weighted by molar-refractivity contribution is -0.137. The molecular formula is C27H34F3NO2. The summed E-state index contributed by atoms with van der Waals surface area (Å²) in [6, 6.07) is 13.5. The van der Waals surface area contributed by atoms with E-state index in [0.29, 0.717) is 24.8 Å². The Labute approximate surface area is 194 Å². The Hall–Kier alpha value is -2.05. The number of hydrogen-bond donors (Lipinski definition) is 1. The maximum absolute atomic E-state index is 12.8. The first kappa shape index (κ1) is 24.1. The zero-order chi connectivity index (χ0) is 23.6. The van der Waals surface area contributed by atoms with Gasteiger partial charge < -0.3 is 14.7 Å². The summed E-state index contributed by atoms with van der Waals surface area (Å²) in [5.74, 6) is 1.19. The van der Waals surface area contributed by atoms with Crippen LogP contribution < -0.4 is 4.74 Å². The first-order chi connectivity index (χ1) is 15.7. The number of alkyl halides is 3. The van der Waals surface area contributed by atoms with Crippen LogP contribution in [-0.2, 0) is 11.6 Å². The molecule has 3 atom stereocenters. The molecule has 0 amide bonds. The van der Waals surface area contributed by atoms with Gasteiger partial charge in [-0.05, 0) is 68.5 Å². The summed E-state index contributed by atoms with van der Waals surface area (Å²) in [4.78, 5) is 2.33. The number of aryl methyl sites for hydroxylation is 1. The maximum atomic E-state index is 12.8. The molecular weight excluding hydrogens is 427 g/mol. The maximum Gasteiger partial charge on any atom is 0.416 e. The van der Waals surface area contributed by atoms with Crippen molar-refractivity contribution in [1.82, 2.24) is 4.90 Å². The van der Waals surface area contributed by atoms with Gasteiger partial charge in [0.25, 0.3) is 0 Å². The molecule has 33 heavy (non-hydrogen) atoms. The second kappa shape index (κ2) is 9.67. The Bertz CT molecular complexity index is 906. The zero-order valence-corrected chi connectivity index (χ0v) is 19.4. The summed E-state index contributed by atoms with van der Waals surface area (Å²) < 4.78 is 44.2. The summed E-state index contributed by atoms with van der Waals surface area (Å²) in [6.45, 7) is 7.14. The van der Waals surface area contributed by atoms with E-state index in [-0.39, 0.29) is 11.3 Å². The van der Waals surface area contributed by atoms with Crippen molar-refractivity contribution >= 4 is 0 Å². The molecule has 1 saturated carbocycles. The molecule has 2 fully saturated rings. The van der Waals surface area contributed by atoms with Crippen molar-refractivity contribution < 1.29 is 23.0 Å². The summed E-state index contributed by atoms with van der Waals surface area (Å²) in [7, 11) is 0. The summed E-state index contributed by atoms with van der Waals surface area (Å²) in [5.41, 5.74) is 1.64. The van der Waals surface area contributed by atoms with Crippen molar-refractivity contribution in [3.8, 4) is 5.75 Å². The standard InChI is InChI=1S/C27H34F3NO2/c1-19-4-6-22(7-5-19)26(13-3-14-26)25(32)17-31-15-12-20(2)21(16-31)18-33-24-10-8-23(9-11-24)27(28,29)30/h4-11,20-21,25,32H,3,12-18H2,1-2H3. The van der Waals surface area contributed by atoms with Gasteiger partial charge in [-0.3, -0.25) is 0 Å². The van der Waals surface area contributed by atoms with Gasteiger partial charge in [0.1, 0.15) is 5.75 Å². The van der Waals surface area contributed by atoms with E-state index in [1.165, 1.54) is 23.3 Å². The van der Waals surface area contributed by atoms with Crippen LogP contribution in [0.3, 0.4) is 0 Å². The normalized spacial score (nSPS) is 24.2. The Balaban J connectivity index is 1.35. The smallest absolute Gasteiger partial charge is 0.416 e. The topological polar surface area (TPSA) is 32.7 Å². The van der Waals surface area contributed by atoms with E-state index >= 15 is 0 Å². The highest BCUT2D eigenvalue weighted by Crippen LogP contribution is 2.47. The Morgan fingerprint density at radius 2 is 1.76 bits per heavy atom. The minimum Gasteiger partial charge on any atom is -0.493 e. The molecule has 6 heteroatoms. The van der Waals surface area contributed by atoms with Gasteiger partial charge in [0.15, 0.2) is 0 Å². The molecule has 1 saturated heterocycles. The fourth-order valence-corrected chi connectivity index (χ4v) is 5.23. The first-order valence-corrected chi connectivity index (χ1v) is 11.9. The SMILES string of the molecule is Cc1ccc(C2(C(O)CN3CCC(C)C(COc4ccc(C(F)(F)F)cc4)C3)CCC2)cc1. The predicted molar refractivity (Wildman–Crippen MR) is 123 cm³/mol. The number of nitrogens with zero attached hydrogens (tertiary/aromatic N) is 1. The number of β-amino-alcohol motifs (C(OH)–C–C–N with tert-alkyl or cyclic N) is 1. The highest BCUT2D eigenvalue weighted by Gasteiger charge is 2.45. The first-order valence-electron chi connectivity index (χ1n) is 11.9. The molecule has 0 radical (unpaired) electrons. The summed E-state index contributed by atoms with van der Waals surface area (Å²) >= 11 is 0. The second-order valence-electron chi connectivity index (χ2n) is 10.0. The summed E-state index contributed by atoms with van der Waals surface area (Å²) in [6.07, 6.45) is -0.562. The van der Waals surface area contributed by atoms with Crippen LogP contribution in [0.4, 0.5) is 13.2 Å². The van der Waals surface area contributed by atoms with Gasteiger partial charge in [-0.15, -0.1) is 0 Å². The van der Waals surface area contributed by atoms with Crippen molar-refractivity contribution in [2.24, 2.45) is 11.8 Å². The molecule has 180 valence electrons. The van der Waals surface area contributed by atoms with Crippen LogP contribution in [0.1, 0.15) is 49.3 Å².